The summed E-state index contributed by atoms with van der Waals surface area (Å²) in [5, 5.41) is 0. The van der Waals surface area contributed by atoms with Gasteiger partial charge in [0.2, 0.25) is 0 Å². The molecule has 0 fully saturated rings. The Morgan fingerprint density at radius 1 is 1.22 bits per heavy atom. The van der Waals surface area contributed by atoms with Crippen LogP contribution in [0, 0.1) is 13.8 Å². The topological polar surface area (TPSA) is 55.6 Å². The summed E-state index contributed by atoms with van der Waals surface area (Å²) >= 11 is 0. The minimum atomic E-state index is 0.00984. The lowest BCUT2D eigenvalue weighted by Gasteiger charge is -2.19. The zero-order valence-electron chi connectivity index (χ0n) is 11.6. The molecule has 2 N–H and O–H groups in total. The number of carbonyl (C=O) groups is 1. The standard InChI is InChI=1S/C14H22N2O2/c1-5-16(6-2)13(17)9-18-14-10(3)7-12(15)8-11(14)4/h7-8H,5-6,9,15H2,1-4H3. The van der Waals surface area contributed by atoms with Gasteiger partial charge in [-0.05, 0) is 51.0 Å². The second-order valence-electron chi connectivity index (χ2n) is 4.34. The summed E-state index contributed by atoms with van der Waals surface area (Å²) in [6.07, 6.45) is 0. The van der Waals surface area contributed by atoms with E-state index in [0.29, 0.717) is 18.8 Å². The molecule has 0 saturated heterocycles. The molecule has 1 amide bonds. The number of carbonyl (C=O) groups excluding carboxylic acids is 1. The molecule has 4 nitrogen and oxygen atoms in total. The number of likely N-dealkylation sites (N-methyl/N-ethyl adjacent to an activating group) is 1. The second kappa shape index (κ2) is 6.28. The van der Waals surface area contributed by atoms with Crippen LogP contribution in [-0.2, 0) is 4.79 Å². The van der Waals surface area contributed by atoms with E-state index in [9.17, 15) is 4.79 Å². The molecule has 0 spiro atoms. The van der Waals surface area contributed by atoms with Crippen LogP contribution in [0.15, 0.2) is 12.1 Å². The smallest absolute Gasteiger partial charge is 0.260 e. The highest BCUT2D eigenvalue weighted by atomic mass is 16.5. The number of hydrogen-bond acceptors (Lipinski definition) is 3. The van der Waals surface area contributed by atoms with Gasteiger partial charge in [-0.15, -0.1) is 0 Å². The molecule has 18 heavy (non-hydrogen) atoms. The van der Waals surface area contributed by atoms with Crippen molar-refractivity contribution in [2.45, 2.75) is 27.7 Å². The largest absolute Gasteiger partial charge is 0.483 e. The summed E-state index contributed by atoms with van der Waals surface area (Å²) in [4.78, 5) is 13.6. The zero-order chi connectivity index (χ0) is 13.7. The van der Waals surface area contributed by atoms with Crippen LogP contribution in [0.4, 0.5) is 5.69 Å². The maximum absolute atomic E-state index is 11.8. The Hall–Kier alpha value is -1.71. The Labute approximate surface area is 109 Å². The lowest BCUT2D eigenvalue weighted by Crippen LogP contribution is -2.34. The molecule has 0 heterocycles. The van der Waals surface area contributed by atoms with Crippen LogP contribution in [0.3, 0.4) is 0 Å². The van der Waals surface area contributed by atoms with Gasteiger partial charge < -0.3 is 15.4 Å². The molecule has 1 rings (SSSR count). The average molecular weight is 250 g/mol. The molecule has 0 atom stereocenters. The Kier molecular flexibility index (Phi) is 5.01. The first-order chi connectivity index (χ1) is 8.49. The van der Waals surface area contributed by atoms with Crippen molar-refractivity contribution in [3.8, 4) is 5.75 Å². The van der Waals surface area contributed by atoms with Gasteiger partial charge in [0.15, 0.2) is 6.61 Å². The summed E-state index contributed by atoms with van der Waals surface area (Å²) in [5.74, 6) is 0.764. The fraction of sp³-hybridized carbons (Fsp3) is 0.500. The highest BCUT2D eigenvalue weighted by Gasteiger charge is 2.12. The van der Waals surface area contributed by atoms with Gasteiger partial charge in [-0.25, -0.2) is 0 Å². The third-order valence-electron chi connectivity index (χ3n) is 2.94. The Morgan fingerprint density at radius 3 is 2.17 bits per heavy atom. The van der Waals surface area contributed by atoms with Crippen molar-refractivity contribution in [2.75, 3.05) is 25.4 Å². The predicted octanol–water partition coefficient (Wildman–Crippen LogP) is 2.13. The maximum atomic E-state index is 11.8. The monoisotopic (exact) mass is 250 g/mol. The summed E-state index contributed by atoms with van der Waals surface area (Å²) in [7, 11) is 0. The van der Waals surface area contributed by atoms with Crippen LogP contribution in [-0.4, -0.2) is 30.5 Å². The van der Waals surface area contributed by atoms with Crippen molar-refractivity contribution in [2.24, 2.45) is 0 Å². The Bertz CT molecular complexity index is 403. The summed E-state index contributed by atoms with van der Waals surface area (Å²) in [6.45, 7) is 9.27. The highest BCUT2D eigenvalue weighted by Crippen LogP contribution is 2.25. The van der Waals surface area contributed by atoms with Crippen LogP contribution in [0.1, 0.15) is 25.0 Å². The van der Waals surface area contributed by atoms with Gasteiger partial charge in [-0.1, -0.05) is 0 Å². The van der Waals surface area contributed by atoms with E-state index in [2.05, 4.69) is 0 Å². The van der Waals surface area contributed by atoms with Crippen molar-refractivity contribution in [1.82, 2.24) is 4.90 Å². The lowest BCUT2D eigenvalue weighted by molar-refractivity contribution is -0.132. The van der Waals surface area contributed by atoms with Gasteiger partial charge in [0, 0.05) is 18.8 Å². The Morgan fingerprint density at radius 2 is 1.72 bits per heavy atom. The quantitative estimate of drug-likeness (QED) is 0.814. The fourth-order valence-corrected chi connectivity index (χ4v) is 2.01. The molecule has 0 unspecified atom stereocenters. The summed E-state index contributed by atoms with van der Waals surface area (Å²) < 4.78 is 5.62. The van der Waals surface area contributed by atoms with Gasteiger partial charge in [0.25, 0.3) is 5.91 Å². The molecule has 0 saturated carbocycles. The number of nitrogens with two attached hydrogens (primary N) is 1. The van der Waals surface area contributed by atoms with Crippen LogP contribution >= 0.6 is 0 Å². The highest BCUT2D eigenvalue weighted by molar-refractivity contribution is 5.77. The molecule has 0 bridgehead atoms. The van der Waals surface area contributed by atoms with Crippen molar-refractivity contribution >= 4 is 11.6 Å². The average Bonchev–Trinajstić information content (AvgIpc) is 2.29. The van der Waals surface area contributed by atoms with E-state index in [1.54, 1.807) is 4.90 Å². The number of nitrogens with zero attached hydrogens (tertiary/aromatic N) is 1. The first kappa shape index (κ1) is 14.4. The minimum Gasteiger partial charge on any atom is -0.483 e. The van der Waals surface area contributed by atoms with Crippen molar-refractivity contribution in [1.29, 1.82) is 0 Å². The van der Waals surface area contributed by atoms with E-state index in [0.717, 1.165) is 16.9 Å². The molecule has 0 radical (unpaired) electrons. The van der Waals surface area contributed by atoms with E-state index < -0.39 is 0 Å². The number of rotatable bonds is 5. The summed E-state index contributed by atoms with van der Waals surface area (Å²) in [6, 6.07) is 3.70. The fourth-order valence-electron chi connectivity index (χ4n) is 2.01. The van der Waals surface area contributed by atoms with Crippen LogP contribution in [0.25, 0.3) is 0 Å². The third kappa shape index (κ3) is 3.39. The van der Waals surface area contributed by atoms with Crippen molar-refractivity contribution < 1.29 is 9.53 Å². The first-order valence-electron chi connectivity index (χ1n) is 6.26. The second-order valence-corrected chi connectivity index (χ2v) is 4.34. The molecule has 0 aromatic heterocycles. The first-order valence-corrected chi connectivity index (χ1v) is 6.26. The number of hydrogen-bond donors (Lipinski definition) is 1. The molecule has 100 valence electrons. The molecule has 1 aromatic carbocycles. The zero-order valence-corrected chi connectivity index (χ0v) is 11.6. The third-order valence-corrected chi connectivity index (χ3v) is 2.94. The number of benzene rings is 1. The minimum absolute atomic E-state index is 0.00984. The molecule has 0 aliphatic rings. The predicted molar refractivity (Wildman–Crippen MR) is 73.8 cm³/mol. The normalized spacial score (nSPS) is 10.2. The van der Waals surface area contributed by atoms with Gasteiger partial charge in [-0.3, -0.25) is 4.79 Å². The van der Waals surface area contributed by atoms with Crippen molar-refractivity contribution in [3.63, 3.8) is 0 Å². The number of ether oxygens (including phenoxy) is 1. The van der Waals surface area contributed by atoms with E-state index in [-0.39, 0.29) is 12.5 Å². The molecule has 4 heteroatoms. The SMILES string of the molecule is CCN(CC)C(=O)COc1c(C)cc(N)cc1C. The van der Waals surface area contributed by atoms with Gasteiger partial charge in [0.1, 0.15) is 5.75 Å². The molecular formula is C14H22N2O2. The van der Waals surface area contributed by atoms with Crippen molar-refractivity contribution in [3.05, 3.63) is 23.3 Å². The number of anilines is 1. The number of aryl methyl sites for hydroxylation is 2. The molecule has 1 aromatic rings. The van der Waals surface area contributed by atoms with E-state index in [1.807, 2.05) is 39.8 Å². The van der Waals surface area contributed by atoms with E-state index in [1.165, 1.54) is 0 Å². The molecular weight excluding hydrogens is 228 g/mol. The number of amides is 1. The molecule has 0 aliphatic carbocycles. The van der Waals surface area contributed by atoms with Gasteiger partial charge in [0.05, 0.1) is 0 Å². The van der Waals surface area contributed by atoms with E-state index in [4.69, 9.17) is 10.5 Å². The molecule has 0 aliphatic heterocycles. The lowest BCUT2D eigenvalue weighted by atomic mass is 10.1. The van der Waals surface area contributed by atoms with E-state index >= 15 is 0 Å². The van der Waals surface area contributed by atoms with Crippen LogP contribution < -0.4 is 10.5 Å². The number of nitrogen functional groups attached to an aromatic ring is 1. The van der Waals surface area contributed by atoms with Gasteiger partial charge >= 0.3 is 0 Å². The van der Waals surface area contributed by atoms with Crippen LogP contribution in [0.2, 0.25) is 0 Å². The van der Waals surface area contributed by atoms with Gasteiger partial charge in [-0.2, -0.15) is 0 Å². The maximum Gasteiger partial charge on any atom is 0.260 e. The van der Waals surface area contributed by atoms with Crippen LogP contribution in [0.5, 0.6) is 5.75 Å². The summed E-state index contributed by atoms with van der Waals surface area (Å²) in [5.41, 5.74) is 8.38. The Balaban J connectivity index is 2.72.